The van der Waals surface area contributed by atoms with E-state index in [0.717, 1.165) is 9.98 Å². The van der Waals surface area contributed by atoms with Crippen LogP contribution in [0, 0.1) is 0 Å². The van der Waals surface area contributed by atoms with Crippen LogP contribution in [0.1, 0.15) is 12.5 Å². The number of hydrazine groups is 2. The van der Waals surface area contributed by atoms with Crippen molar-refractivity contribution in [3.05, 3.63) is 35.9 Å². The summed E-state index contributed by atoms with van der Waals surface area (Å²) in [6.07, 6.45) is 0. The van der Waals surface area contributed by atoms with Gasteiger partial charge in [-0.15, -0.1) is 0 Å². The molecule has 1 fully saturated rings. The van der Waals surface area contributed by atoms with Gasteiger partial charge in [0.2, 0.25) is 5.11 Å². The number of thiocarbonyl (C=S) groups is 2. The summed E-state index contributed by atoms with van der Waals surface area (Å²) in [7, 11) is -2.50. The number of nitrogens with one attached hydrogen (secondary N) is 2. The van der Waals surface area contributed by atoms with Gasteiger partial charge in [-0.2, -0.15) is 4.41 Å². The van der Waals surface area contributed by atoms with Crippen molar-refractivity contribution in [3.8, 4) is 0 Å². The van der Waals surface area contributed by atoms with E-state index in [2.05, 4.69) is 10.9 Å². The highest BCUT2D eigenvalue weighted by molar-refractivity contribution is 7.91. The Bertz CT molecular complexity index is 829. The van der Waals surface area contributed by atoms with Crippen molar-refractivity contribution >= 4 is 50.5 Å². The van der Waals surface area contributed by atoms with E-state index in [1.165, 1.54) is 5.01 Å². The predicted molar refractivity (Wildman–Crippen MR) is 118 cm³/mol. The fourth-order valence-corrected chi connectivity index (χ4v) is 4.56. The molecule has 1 aliphatic rings. The number of carbonyl (C=O) groups is 1. The summed E-state index contributed by atoms with van der Waals surface area (Å²) in [6, 6.07) is 9.10. The molecule has 29 heavy (non-hydrogen) atoms. The number of carbonyl (C=O) groups excluding carboxylic acids is 1. The summed E-state index contributed by atoms with van der Waals surface area (Å²) in [5.74, 6) is -1.51. The number of hydrogen-bond acceptors (Lipinski definition) is 7. The molecule has 1 aromatic carbocycles. The van der Waals surface area contributed by atoms with E-state index in [-0.39, 0.29) is 5.11 Å². The first-order valence-corrected chi connectivity index (χ1v) is 11.4. The van der Waals surface area contributed by atoms with Gasteiger partial charge < -0.3 is 9.64 Å². The van der Waals surface area contributed by atoms with E-state index in [1.807, 2.05) is 18.2 Å². The van der Waals surface area contributed by atoms with Crippen molar-refractivity contribution in [3.63, 3.8) is 0 Å². The van der Waals surface area contributed by atoms with Crippen LogP contribution in [0.25, 0.3) is 0 Å². The minimum atomic E-state index is -4.05. The Morgan fingerprint density at radius 1 is 1.21 bits per heavy atom. The van der Waals surface area contributed by atoms with Gasteiger partial charge in [0.05, 0.1) is 13.2 Å². The normalized spacial score (nSPS) is 14.2. The Morgan fingerprint density at radius 3 is 2.41 bits per heavy atom. The van der Waals surface area contributed by atoms with Crippen LogP contribution >= 0.6 is 24.4 Å². The molecule has 12 heteroatoms. The molecular formula is C17H25N5O4S3. The second-order valence-electron chi connectivity index (χ2n) is 6.18. The predicted octanol–water partition coefficient (Wildman–Crippen LogP) is 0.0985. The van der Waals surface area contributed by atoms with Crippen LogP contribution in [0.5, 0.6) is 0 Å². The average molecular weight is 460 g/mol. The molecule has 1 aliphatic heterocycles. The molecule has 0 radical (unpaired) electrons. The van der Waals surface area contributed by atoms with Crippen LogP contribution in [0.3, 0.4) is 0 Å². The molecule has 1 amide bonds. The Balaban J connectivity index is 2.03. The molecule has 0 spiro atoms. The summed E-state index contributed by atoms with van der Waals surface area (Å²) < 4.78 is 31.8. The number of ether oxygens (including phenoxy) is 1. The number of hydrogen-bond donors (Lipinski definition) is 2. The fourth-order valence-electron chi connectivity index (χ4n) is 2.59. The third kappa shape index (κ3) is 6.57. The van der Waals surface area contributed by atoms with Crippen LogP contribution < -0.4 is 10.9 Å². The van der Waals surface area contributed by atoms with Crippen molar-refractivity contribution in [2.24, 2.45) is 0 Å². The van der Waals surface area contributed by atoms with E-state index in [4.69, 9.17) is 29.2 Å². The maximum Gasteiger partial charge on any atom is 0.259 e. The maximum absolute atomic E-state index is 12.8. The van der Waals surface area contributed by atoms with E-state index < -0.39 is 21.7 Å². The van der Waals surface area contributed by atoms with Gasteiger partial charge in [0, 0.05) is 32.2 Å². The highest BCUT2D eigenvalue weighted by Gasteiger charge is 2.31. The molecular weight excluding hydrogens is 434 g/mol. The van der Waals surface area contributed by atoms with Gasteiger partial charge in [-0.25, -0.2) is 13.8 Å². The molecule has 0 atom stereocenters. The first kappa shape index (κ1) is 23.4. The Kier molecular flexibility index (Phi) is 8.71. The van der Waals surface area contributed by atoms with Crippen LogP contribution in [0.2, 0.25) is 0 Å². The van der Waals surface area contributed by atoms with Crippen LogP contribution in [-0.4, -0.2) is 84.4 Å². The quantitative estimate of drug-likeness (QED) is 0.454. The van der Waals surface area contributed by atoms with Crippen LogP contribution in [-0.2, 0) is 19.6 Å². The topological polar surface area (TPSA) is 94.2 Å². The number of morpholine rings is 1. The minimum Gasteiger partial charge on any atom is -0.378 e. The highest BCUT2D eigenvalue weighted by atomic mass is 32.2. The summed E-state index contributed by atoms with van der Waals surface area (Å²) in [6.45, 7) is 3.96. The molecule has 0 saturated carbocycles. The van der Waals surface area contributed by atoms with Crippen molar-refractivity contribution in [1.82, 2.24) is 25.2 Å². The molecule has 1 aromatic rings. The van der Waals surface area contributed by atoms with Crippen molar-refractivity contribution in [1.29, 1.82) is 0 Å². The van der Waals surface area contributed by atoms with E-state index in [0.29, 0.717) is 37.8 Å². The zero-order chi connectivity index (χ0) is 21.4. The summed E-state index contributed by atoms with van der Waals surface area (Å²) in [5.41, 5.74) is 5.95. The number of rotatable bonds is 6. The lowest BCUT2D eigenvalue weighted by molar-refractivity contribution is -0.121. The molecule has 2 N–H and O–H groups in total. The van der Waals surface area contributed by atoms with Gasteiger partial charge in [0.25, 0.3) is 15.9 Å². The number of amides is 1. The molecule has 1 saturated heterocycles. The average Bonchev–Trinajstić information content (AvgIpc) is 2.71. The zero-order valence-electron chi connectivity index (χ0n) is 16.3. The lowest BCUT2D eigenvalue weighted by atomic mass is 10.2. The molecule has 9 nitrogen and oxygen atoms in total. The second kappa shape index (κ2) is 10.8. The number of sulfonamides is 1. The summed E-state index contributed by atoms with van der Waals surface area (Å²) in [4.78, 5) is 14.5. The van der Waals surface area contributed by atoms with Gasteiger partial charge in [0.15, 0.2) is 5.75 Å². The van der Waals surface area contributed by atoms with Gasteiger partial charge in [0.1, 0.15) is 4.99 Å². The highest BCUT2D eigenvalue weighted by Crippen LogP contribution is 2.08. The van der Waals surface area contributed by atoms with Gasteiger partial charge in [-0.05, 0) is 12.2 Å². The van der Waals surface area contributed by atoms with Gasteiger partial charge in [-0.1, -0.05) is 49.5 Å². The third-order valence-electron chi connectivity index (χ3n) is 3.97. The van der Waals surface area contributed by atoms with Crippen LogP contribution in [0.4, 0.5) is 0 Å². The lowest BCUT2D eigenvalue weighted by Gasteiger charge is -2.34. The molecule has 0 bridgehead atoms. The number of benzene rings is 1. The fraction of sp³-hybridized carbons (Fsp3) is 0.471. The third-order valence-corrected chi connectivity index (χ3v) is 6.52. The molecule has 0 aliphatic carbocycles. The lowest BCUT2D eigenvalue weighted by Crippen LogP contribution is -2.57. The van der Waals surface area contributed by atoms with Crippen molar-refractivity contribution < 1.29 is 17.9 Å². The van der Waals surface area contributed by atoms with Crippen LogP contribution in [0.15, 0.2) is 30.3 Å². The maximum atomic E-state index is 12.8. The first-order valence-electron chi connectivity index (χ1n) is 9.02. The molecule has 2 rings (SSSR count). The van der Waals surface area contributed by atoms with E-state index >= 15 is 0 Å². The first-order chi connectivity index (χ1) is 13.8. The standard InChI is InChI=1S/C17H25N5O4S3/c1-3-18-22(17(28)21-9-11-26-12-10-21)29(24,25)13-15(23)19-20(2)16(27)14-7-5-4-6-8-14/h4-8,18H,3,9-13H2,1-2H3,(H,19,23). The Labute approximate surface area is 182 Å². The molecule has 0 aromatic heterocycles. The van der Waals surface area contributed by atoms with Crippen molar-refractivity contribution in [2.75, 3.05) is 45.6 Å². The molecule has 1 heterocycles. The van der Waals surface area contributed by atoms with Crippen molar-refractivity contribution in [2.45, 2.75) is 6.92 Å². The smallest absolute Gasteiger partial charge is 0.259 e. The zero-order valence-corrected chi connectivity index (χ0v) is 18.8. The van der Waals surface area contributed by atoms with E-state index in [9.17, 15) is 13.2 Å². The van der Waals surface area contributed by atoms with E-state index in [1.54, 1.807) is 31.0 Å². The monoisotopic (exact) mass is 459 g/mol. The largest absolute Gasteiger partial charge is 0.378 e. The molecule has 160 valence electrons. The number of nitrogens with zero attached hydrogens (tertiary/aromatic N) is 3. The SMILES string of the molecule is CCNN(C(=S)N1CCOCC1)S(=O)(=O)CC(=O)NN(C)C(=S)c1ccccc1. The summed E-state index contributed by atoms with van der Waals surface area (Å²) in [5, 5.41) is 1.41. The Morgan fingerprint density at radius 2 is 1.83 bits per heavy atom. The minimum absolute atomic E-state index is 0.0936. The van der Waals surface area contributed by atoms with Gasteiger partial charge in [-0.3, -0.25) is 15.2 Å². The molecule has 0 unspecified atom stereocenters. The van der Waals surface area contributed by atoms with Gasteiger partial charge >= 0.3 is 0 Å². The second-order valence-corrected chi connectivity index (χ2v) is 8.75. The summed E-state index contributed by atoms with van der Waals surface area (Å²) >= 11 is 10.7. The Hall–Kier alpha value is -1.86.